The minimum atomic E-state index is -1.44. The number of aliphatic hydroxyl groups is 2. The van der Waals surface area contributed by atoms with Crippen LogP contribution in [0.1, 0.15) is 72.1 Å². The van der Waals surface area contributed by atoms with Gasteiger partial charge in [0.1, 0.15) is 0 Å². The maximum Gasteiger partial charge on any atom is 0.165 e. The van der Waals surface area contributed by atoms with Crippen LogP contribution in [0.4, 0.5) is 0 Å². The fourth-order valence-corrected chi connectivity index (χ4v) is 2.05. The molecule has 0 amide bonds. The number of unbranched alkanes of at least 4 members (excludes halogenated alkanes) is 4. The quantitative estimate of drug-likeness (QED) is 0.458. The Morgan fingerprint density at radius 1 is 0.933 bits per heavy atom. The van der Waals surface area contributed by atoms with E-state index in [1.54, 1.807) is 0 Å². The van der Waals surface area contributed by atoms with Crippen molar-refractivity contribution in [2.45, 2.75) is 77.9 Å². The van der Waals surface area contributed by atoms with Crippen molar-refractivity contribution in [3.8, 4) is 0 Å². The summed E-state index contributed by atoms with van der Waals surface area (Å²) in [6.07, 6.45) is 8.43. The van der Waals surface area contributed by atoms with E-state index in [0.29, 0.717) is 6.42 Å². The van der Waals surface area contributed by atoms with Crippen LogP contribution >= 0.6 is 0 Å². The summed E-state index contributed by atoms with van der Waals surface area (Å²) in [4.78, 5) is 0. The Hall–Kier alpha value is -0.0800. The van der Waals surface area contributed by atoms with Crippen LogP contribution in [0.15, 0.2) is 0 Å². The first-order valence-corrected chi connectivity index (χ1v) is 6.53. The predicted molar refractivity (Wildman–Crippen MR) is 64.6 cm³/mol. The van der Waals surface area contributed by atoms with E-state index in [1.807, 2.05) is 13.8 Å². The SMILES string of the molecule is CCCCCCCC(CC)C(O)(O)CC. The summed E-state index contributed by atoms with van der Waals surface area (Å²) in [7, 11) is 0. The second-order valence-corrected chi connectivity index (χ2v) is 4.54. The van der Waals surface area contributed by atoms with Gasteiger partial charge in [-0.2, -0.15) is 0 Å². The summed E-state index contributed by atoms with van der Waals surface area (Å²) >= 11 is 0. The van der Waals surface area contributed by atoms with Gasteiger partial charge in [0.2, 0.25) is 0 Å². The molecule has 0 spiro atoms. The normalized spacial score (nSPS) is 14.2. The lowest BCUT2D eigenvalue weighted by atomic mass is 9.88. The number of hydrogen-bond acceptors (Lipinski definition) is 2. The summed E-state index contributed by atoms with van der Waals surface area (Å²) in [5, 5.41) is 19.5. The van der Waals surface area contributed by atoms with Crippen LogP contribution in [0.2, 0.25) is 0 Å². The van der Waals surface area contributed by atoms with E-state index in [2.05, 4.69) is 6.92 Å². The van der Waals surface area contributed by atoms with E-state index in [-0.39, 0.29) is 5.92 Å². The Morgan fingerprint density at radius 2 is 1.53 bits per heavy atom. The van der Waals surface area contributed by atoms with Crippen LogP contribution in [-0.2, 0) is 0 Å². The molecule has 2 N–H and O–H groups in total. The van der Waals surface area contributed by atoms with Gasteiger partial charge in [-0.05, 0) is 19.3 Å². The first-order chi connectivity index (χ1) is 7.08. The van der Waals surface area contributed by atoms with Gasteiger partial charge >= 0.3 is 0 Å². The first kappa shape index (κ1) is 14.9. The highest BCUT2D eigenvalue weighted by atomic mass is 16.5. The second-order valence-electron chi connectivity index (χ2n) is 4.54. The minimum Gasteiger partial charge on any atom is -0.365 e. The van der Waals surface area contributed by atoms with Gasteiger partial charge in [0.25, 0.3) is 0 Å². The Balaban J connectivity index is 3.71. The molecule has 0 aliphatic carbocycles. The van der Waals surface area contributed by atoms with Gasteiger partial charge in [-0.1, -0.05) is 52.9 Å². The summed E-state index contributed by atoms with van der Waals surface area (Å²) in [5.74, 6) is -1.40. The highest BCUT2D eigenvalue weighted by Crippen LogP contribution is 2.27. The largest absolute Gasteiger partial charge is 0.365 e. The van der Waals surface area contributed by atoms with Crippen molar-refractivity contribution in [2.75, 3.05) is 0 Å². The lowest BCUT2D eigenvalue weighted by molar-refractivity contribution is -0.204. The third-order valence-electron chi connectivity index (χ3n) is 3.32. The Kier molecular flexibility index (Phi) is 8.07. The van der Waals surface area contributed by atoms with Crippen molar-refractivity contribution in [1.29, 1.82) is 0 Å². The molecule has 0 radical (unpaired) electrons. The zero-order chi connectivity index (χ0) is 11.7. The third kappa shape index (κ3) is 6.16. The highest BCUT2D eigenvalue weighted by Gasteiger charge is 2.30. The molecule has 0 saturated heterocycles. The van der Waals surface area contributed by atoms with E-state index in [4.69, 9.17) is 0 Å². The maximum atomic E-state index is 9.74. The van der Waals surface area contributed by atoms with E-state index in [9.17, 15) is 10.2 Å². The molecular formula is C13H28O2. The molecule has 2 nitrogen and oxygen atoms in total. The van der Waals surface area contributed by atoms with Gasteiger partial charge in [-0.25, -0.2) is 0 Å². The fourth-order valence-electron chi connectivity index (χ4n) is 2.05. The van der Waals surface area contributed by atoms with E-state index < -0.39 is 5.79 Å². The number of hydrogen-bond donors (Lipinski definition) is 2. The molecule has 0 aliphatic rings. The van der Waals surface area contributed by atoms with Gasteiger partial charge in [0.15, 0.2) is 5.79 Å². The molecule has 0 aromatic carbocycles. The molecule has 0 aliphatic heterocycles. The van der Waals surface area contributed by atoms with Crippen molar-refractivity contribution in [3.05, 3.63) is 0 Å². The molecule has 1 atom stereocenters. The second kappa shape index (κ2) is 8.12. The average Bonchev–Trinajstić information content (AvgIpc) is 2.23. The smallest absolute Gasteiger partial charge is 0.165 e. The molecule has 0 heterocycles. The van der Waals surface area contributed by atoms with Crippen LogP contribution in [0.3, 0.4) is 0 Å². The van der Waals surface area contributed by atoms with E-state index >= 15 is 0 Å². The Bertz CT molecular complexity index is 143. The lowest BCUT2D eigenvalue weighted by Crippen LogP contribution is -2.36. The Labute approximate surface area is 94.7 Å². The molecule has 0 bridgehead atoms. The van der Waals surface area contributed by atoms with E-state index in [1.165, 1.54) is 25.7 Å². The highest BCUT2D eigenvalue weighted by molar-refractivity contribution is 4.73. The molecule has 0 aromatic rings. The van der Waals surface area contributed by atoms with Crippen LogP contribution < -0.4 is 0 Å². The van der Waals surface area contributed by atoms with Gasteiger partial charge < -0.3 is 10.2 Å². The summed E-state index contributed by atoms with van der Waals surface area (Å²) in [6, 6.07) is 0. The van der Waals surface area contributed by atoms with Gasteiger partial charge in [-0.15, -0.1) is 0 Å². The molecule has 0 rings (SSSR count). The van der Waals surface area contributed by atoms with Crippen molar-refractivity contribution >= 4 is 0 Å². The van der Waals surface area contributed by atoms with Crippen LogP contribution in [0.25, 0.3) is 0 Å². The topological polar surface area (TPSA) is 40.5 Å². The van der Waals surface area contributed by atoms with Crippen molar-refractivity contribution in [3.63, 3.8) is 0 Å². The molecule has 0 aromatic heterocycles. The molecule has 0 saturated carbocycles. The first-order valence-electron chi connectivity index (χ1n) is 6.53. The molecule has 0 fully saturated rings. The summed E-state index contributed by atoms with van der Waals surface area (Å²) < 4.78 is 0. The molecule has 1 unspecified atom stereocenters. The molecule has 2 heteroatoms. The third-order valence-corrected chi connectivity index (χ3v) is 3.32. The maximum absolute atomic E-state index is 9.74. The van der Waals surface area contributed by atoms with Crippen LogP contribution in [-0.4, -0.2) is 16.0 Å². The van der Waals surface area contributed by atoms with Gasteiger partial charge in [0, 0.05) is 5.92 Å². The van der Waals surface area contributed by atoms with E-state index in [0.717, 1.165) is 19.3 Å². The van der Waals surface area contributed by atoms with Crippen LogP contribution in [0.5, 0.6) is 0 Å². The average molecular weight is 216 g/mol. The molecule has 15 heavy (non-hydrogen) atoms. The molecule has 92 valence electrons. The predicted octanol–water partition coefficient (Wildman–Crippen LogP) is 3.46. The van der Waals surface area contributed by atoms with Crippen LogP contribution in [0, 0.1) is 5.92 Å². The van der Waals surface area contributed by atoms with Crippen molar-refractivity contribution in [2.24, 2.45) is 5.92 Å². The fraction of sp³-hybridized carbons (Fsp3) is 1.00. The zero-order valence-electron chi connectivity index (χ0n) is 10.6. The van der Waals surface area contributed by atoms with Gasteiger partial charge in [-0.3, -0.25) is 0 Å². The lowest BCUT2D eigenvalue weighted by Gasteiger charge is -2.29. The molecular weight excluding hydrogens is 188 g/mol. The minimum absolute atomic E-state index is 0.0455. The Morgan fingerprint density at radius 3 is 2.00 bits per heavy atom. The standard InChI is InChI=1S/C13H28O2/c1-4-7-8-9-10-11-12(5-2)13(14,15)6-3/h12,14-15H,4-11H2,1-3H3. The number of rotatable bonds is 9. The van der Waals surface area contributed by atoms with Gasteiger partial charge in [0.05, 0.1) is 0 Å². The van der Waals surface area contributed by atoms with Crippen molar-refractivity contribution < 1.29 is 10.2 Å². The summed E-state index contributed by atoms with van der Waals surface area (Å²) in [5.41, 5.74) is 0. The summed E-state index contributed by atoms with van der Waals surface area (Å²) in [6.45, 7) is 6.08. The van der Waals surface area contributed by atoms with Crippen molar-refractivity contribution in [1.82, 2.24) is 0 Å². The zero-order valence-corrected chi connectivity index (χ0v) is 10.6. The monoisotopic (exact) mass is 216 g/mol.